The molecule has 0 aliphatic carbocycles. The van der Waals surface area contributed by atoms with Crippen molar-refractivity contribution in [1.82, 2.24) is 4.98 Å². The van der Waals surface area contributed by atoms with Crippen LogP contribution in [0.15, 0.2) is 41.7 Å². The molecule has 0 aliphatic rings. The molecule has 0 aliphatic heterocycles. The number of rotatable bonds is 4. The van der Waals surface area contributed by atoms with Gasteiger partial charge in [-0.1, -0.05) is 18.2 Å². The number of nitrogens with zero attached hydrogens (tertiary/aromatic N) is 2. The van der Waals surface area contributed by atoms with Gasteiger partial charge >= 0.3 is 0 Å². The largest absolute Gasteiger partial charge is 0.351 e. The fourth-order valence-corrected chi connectivity index (χ4v) is 1.40. The van der Waals surface area contributed by atoms with Crippen LogP contribution in [0.2, 0.25) is 0 Å². The number of benzene rings is 1. The van der Waals surface area contributed by atoms with Crippen molar-refractivity contribution in [1.29, 1.82) is 0 Å². The average Bonchev–Trinajstić information content (AvgIpc) is 2.29. The van der Waals surface area contributed by atoms with E-state index in [1.54, 1.807) is 6.20 Å². The van der Waals surface area contributed by atoms with Crippen LogP contribution in [0.25, 0.3) is 10.9 Å². The van der Waals surface area contributed by atoms with Gasteiger partial charge in [0.25, 0.3) is 0 Å². The number of aromatic nitrogens is 1. The zero-order valence-corrected chi connectivity index (χ0v) is 8.09. The molecule has 1 aromatic heterocycles. The lowest BCUT2D eigenvalue weighted by Gasteiger charge is -2.01. The number of nitroso groups, excluding NO2 is 1. The Morgan fingerprint density at radius 1 is 1.33 bits per heavy atom. The number of hydrogen-bond donors (Lipinski definition) is 0. The molecule has 0 atom stereocenters. The highest BCUT2D eigenvalue weighted by molar-refractivity contribution is 5.78. The van der Waals surface area contributed by atoms with Crippen molar-refractivity contribution in [3.05, 3.63) is 47.0 Å². The zero-order valence-electron chi connectivity index (χ0n) is 8.09. The number of ether oxygens (including phenoxy) is 1. The van der Waals surface area contributed by atoms with E-state index >= 15 is 0 Å². The number of para-hydroxylation sites is 1. The van der Waals surface area contributed by atoms with E-state index in [0.29, 0.717) is 6.61 Å². The molecule has 0 amide bonds. The Bertz CT molecular complexity index is 471. The molecule has 0 radical (unpaired) electrons. The van der Waals surface area contributed by atoms with Gasteiger partial charge in [-0.05, 0) is 22.9 Å². The normalized spacial score (nSPS) is 10.4. The summed E-state index contributed by atoms with van der Waals surface area (Å²) in [5, 5.41) is 3.69. The Kier molecular flexibility index (Phi) is 2.99. The van der Waals surface area contributed by atoms with Crippen LogP contribution in [-0.4, -0.2) is 11.7 Å². The summed E-state index contributed by atoms with van der Waals surface area (Å²) < 4.78 is 5.00. The van der Waals surface area contributed by atoms with E-state index in [0.717, 1.165) is 16.5 Å². The lowest BCUT2D eigenvalue weighted by molar-refractivity contribution is 0.128. The van der Waals surface area contributed by atoms with Crippen LogP contribution in [0.1, 0.15) is 5.56 Å². The summed E-state index contributed by atoms with van der Waals surface area (Å²) >= 11 is 0. The Labute approximate surface area is 86.9 Å². The van der Waals surface area contributed by atoms with Crippen LogP contribution in [0.3, 0.4) is 0 Å². The van der Waals surface area contributed by atoms with E-state index < -0.39 is 0 Å². The molecule has 76 valence electrons. The summed E-state index contributed by atoms with van der Waals surface area (Å²) in [5.41, 5.74) is 1.90. The van der Waals surface area contributed by atoms with Crippen molar-refractivity contribution in [2.24, 2.45) is 5.18 Å². The molecule has 0 N–H and O–H groups in total. The fraction of sp³-hybridized carbons (Fsp3) is 0.182. The van der Waals surface area contributed by atoms with Crippen molar-refractivity contribution in [3.8, 4) is 0 Å². The number of pyridine rings is 1. The smallest absolute Gasteiger partial charge is 0.179 e. The second kappa shape index (κ2) is 4.61. The maximum Gasteiger partial charge on any atom is 0.179 e. The predicted molar refractivity (Wildman–Crippen MR) is 57.2 cm³/mol. The predicted octanol–water partition coefficient (Wildman–Crippen LogP) is 2.48. The lowest BCUT2D eigenvalue weighted by atomic mass is 10.2. The van der Waals surface area contributed by atoms with Gasteiger partial charge in [-0.3, -0.25) is 4.98 Å². The summed E-state index contributed by atoms with van der Waals surface area (Å²) in [6, 6.07) is 9.84. The van der Waals surface area contributed by atoms with E-state index in [1.165, 1.54) is 0 Å². The van der Waals surface area contributed by atoms with Gasteiger partial charge < -0.3 is 4.74 Å². The van der Waals surface area contributed by atoms with Crippen LogP contribution in [0.4, 0.5) is 0 Å². The highest BCUT2D eigenvalue weighted by Gasteiger charge is 1.97. The summed E-state index contributed by atoms with van der Waals surface area (Å²) in [5.74, 6) is 0. The minimum absolute atomic E-state index is 0.118. The van der Waals surface area contributed by atoms with E-state index in [9.17, 15) is 4.91 Å². The molecule has 0 saturated heterocycles. The Balaban J connectivity index is 2.19. The van der Waals surface area contributed by atoms with Crippen LogP contribution in [-0.2, 0) is 11.3 Å². The first-order valence-electron chi connectivity index (χ1n) is 4.60. The van der Waals surface area contributed by atoms with Crippen molar-refractivity contribution >= 4 is 10.9 Å². The quantitative estimate of drug-likeness (QED) is 0.565. The second-order valence-corrected chi connectivity index (χ2v) is 3.14. The highest BCUT2D eigenvalue weighted by Crippen LogP contribution is 2.13. The molecule has 2 rings (SSSR count). The molecule has 1 aromatic carbocycles. The maximum atomic E-state index is 9.82. The molecular weight excluding hydrogens is 192 g/mol. The third kappa shape index (κ3) is 2.35. The zero-order chi connectivity index (χ0) is 10.5. The molecule has 2 aromatic rings. The standard InChI is InChI=1S/C11H10N2O2/c14-13-8-15-7-9-5-10-3-1-2-4-11(10)12-6-9/h1-6H,7-8H2. The summed E-state index contributed by atoms with van der Waals surface area (Å²) in [6.45, 7) is 0.246. The SMILES string of the molecule is O=NCOCc1cnc2ccccc2c1. The van der Waals surface area contributed by atoms with Gasteiger partial charge in [-0.2, -0.15) is 0 Å². The minimum Gasteiger partial charge on any atom is -0.351 e. The van der Waals surface area contributed by atoms with Crippen LogP contribution in [0.5, 0.6) is 0 Å². The second-order valence-electron chi connectivity index (χ2n) is 3.14. The van der Waals surface area contributed by atoms with Crippen LogP contribution >= 0.6 is 0 Å². The Morgan fingerprint density at radius 3 is 3.07 bits per heavy atom. The summed E-state index contributed by atoms with van der Waals surface area (Å²) in [4.78, 5) is 14.1. The van der Waals surface area contributed by atoms with E-state index in [1.807, 2.05) is 30.3 Å². The van der Waals surface area contributed by atoms with Crippen LogP contribution < -0.4 is 0 Å². The van der Waals surface area contributed by atoms with E-state index in [-0.39, 0.29) is 6.73 Å². The van der Waals surface area contributed by atoms with Crippen LogP contribution in [0, 0.1) is 4.91 Å². The van der Waals surface area contributed by atoms with Crippen molar-refractivity contribution in [3.63, 3.8) is 0 Å². The Morgan fingerprint density at radius 2 is 2.20 bits per heavy atom. The maximum absolute atomic E-state index is 9.82. The van der Waals surface area contributed by atoms with Gasteiger partial charge in [-0.15, -0.1) is 4.91 Å². The van der Waals surface area contributed by atoms with Gasteiger partial charge in [0.15, 0.2) is 6.73 Å². The molecule has 0 bridgehead atoms. The average molecular weight is 202 g/mol. The fourth-order valence-electron chi connectivity index (χ4n) is 1.40. The van der Waals surface area contributed by atoms with Gasteiger partial charge in [0, 0.05) is 11.6 Å². The van der Waals surface area contributed by atoms with Gasteiger partial charge in [0.1, 0.15) is 0 Å². The summed E-state index contributed by atoms with van der Waals surface area (Å²) in [6.07, 6.45) is 1.74. The van der Waals surface area contributed by atoms with Gasteiger partial charge in [0.05, 0.1) is 12.1 Å². The molecular formula is C11H10N2O2. The molecule has 0 unspecified atom stereocenters. The van der Waals surface area contributed by atoms with E-state index in [4.69, 9.17) is 4.74 Å². The van der Waals surface area contributed by atoms with Crippen molar-refractivity contribution in [2.45, 2.75) is 6.61 Å². The first-order chi connectivity index (χ1) is 7.40. The third-order valence-corrected chi connectivity index (χ3v) is 2.06. The molecule has 0 spiro atoms. The molecule has 15 heavy (non-hydrogen) atoms. The highest BCUT2D eigenvalue weighted by atomic mass is 16.5. The minimum atomic E-state index is -0.118. The number of fused-ring (bicyclic) bond motifs is 1. The topological polar surface area (TPSA) is 51.5 Å². The van der Waals surface area contributed by atoms with Crippen molar-refractivity contribution < 1.29 is 4.74 Å². The Hall–Kier alpha value is -1.81. The molecule has 1 heterocycles. The molecule has 4 nitrogen and oxygen atoms in total. The molecule has 4 heteroatoms. The van der Waals surface area contributed by atoms with E-state index in [2.05, 4.69) is 10.2 Å². The molecule has 0 fully saturated rings. The first-order valence-corrected chi connectivity index (χ1v) is 4.60. The lowest BCUT2D eigenvalue weighted by Crippen LogP contribution is -1.93. The van der Waals surface area contributed by atoms with Gasteiger partial charge in [-0.25, -0.2) is 0 Å². The molecule has 0 saturated carbocycles. The van der Waals surface area contributed by atoms with Gasteiger partial charge in [0.2, 0.25) is 0 Å². The number of hydrogen-bond acceptors (Lipinski definition) is 4. The first kappa shape index (κ1) is 9.73. The summed E-state index contributed by atoms with van der Waals surface area (Å²) in [7, 11) is 0. The van der Waals surface area contributed by atoms with Crippen molar-refractivity contribution in [2.75, 3.05) is 6.73 Å². The third-order valence-electron chi connectivity index (χ3n) is 2.06. The monoisotopic (exact) mass is 202 g/mol.